The first-order chi connectivity index (χ1) is 6.26. The highest BCUT2D eigenvalue weighted by molar-refractivity contribution is 9.09. The Morgan fingerprint density at radius 1 is 1.50 bits per heavy atom. The van der Waals surface area contributed by atoms with E-state index in [4.69, 9.17) is 9.16 Å². The van der Waals surface area contributed by atoms with Crippen molar-refractivity contribution in [3.8, 4) is 0 Å². The fraction of sp³-hybridized carbons (Fsp3) is 0.667. The predicted molar refractivity (Wildman–Crippen MR) is 62.9 cm³/mol. The van der Waals surface area contributed by atoms with Gasteiger partial charge in [-0.25, -0.2) is 4.79 Å². The molecular formula is C9H17BrO3Si. The number of hydrogen-bond acceptors (Lipinski definition) is 3. The average Bonchev–Trinajstić information content (AvgIpc) is 2.00. The van der Waals surface area contributed by atoms with Gasteiger partial charge in [-0.15, -0.1) is 0 Å². The van der Waals surface area contributed by atoms with Crippen molar-refractivity contribution in [3.05, 3.63) is 12.7 Å². The highest BCUT2D eigenvalue weighted by Crippen LogP contribution is 2.16. The maximum absolute atomic E-state index is 11.0. The Morgan fingerprint density at radius 2 is 2.00 bits per heavy atom. The molecule has 0 heterocycles. The van der Waals surface area contributed by atoms with Gasteiger partial charge in [-0.05, 0) is 26.6 Å². The lowest BCUT2D eigenvalue weighted by molar-refractivity contribution is -0.157. The van der Waals surface area contributed by atoms with E-state index in [0.29, 0.717) is 0 Å². The highest BCUT2D eigenvalue weighted by atomic mass is 79.9. The van der Waals surface area contributed by atoms with Crippen molar-refractivity contribution in [1.29, 1.82) is 0 Å². The molecule has 0 aliphatic heterocycles. The SMILES string of the molecule is C=CC(=O)OC(O[Si](C)(C)C)C(C)Br. The van der Waals surface area contributed by atoms with Crippen molar-refractivity contribution in [2.75, 3.05) is 0 Å². The molecule has 3 nitrogen and oxygen atoms in total. The zero-order valence-corrected chi connectivity index (χ0v) is 11.6. The van der Waals surface area contributed by atoms with Crippen molar-refractivity contribution in [3.63, 3.8) is 0 Å². The molecule has 0 aliphatic rings. The third-order valence-electron chi connectivity index (χ3n) is 1.24. The molecule has 0 amide bonds. The Hall–Kier alpha value is -0.133. The second kappa shape index (κ2) is 5.68. The summed E-state index contributed by atoms with van der Waals surface area (Å²) in [5, 5.41) is 0. The number of halogens is 1. The Kier molecular flexibility index (Phi) is 5.62. The van der Waals surface area contributed by atoms with E-state index >= 15 is 0 Å². The van der Waals surface area contributed by atoms with E-state index in [9.17, 15) is 4.79 Å². The quantitative estimate of drug-likeness (QED) is 0.255. The topological polar surface area (TPSA) is 35.5 Å². The van der Waals surface area contributed by atoms with Gasteiger partial charge in [0, 0.05) is 6.08 Å². The fourth-order valence-electron chi connectivity index (χ4n) is 0.723. The van der Waals surface area contributed by atoms with Gasteiger partial charge in [0.25, 0.3) is 0 Å². The molecule has 0 saturated carbocycles. The molecule has 2 unspecified atom stereocenters. The van der Waals surface area contributed by atoms with Gasteiger partial charge in [0.15, 0.2) is 8.32 Å². The zero-order valence-electron chi connectivity index (χ0n) is 9.04. The van der Waals surface area contributed by atoms with E-state index < -0.39 is 20.6 Å². The summed E-state index contributed by atoms with van der Waals surface area (Å²) in [6.45, 7) is 11.3. The van der Waals surface area contributed by atoms with Crippen LogP contribution in [0.1, 0.15) is 6.92 Å². The molecule has 0 aromatic heterocycles. The van der Waals surface area contributed by atoms with E-state index in [1.165, 1.54) is 0 Å². The summed E-state index contributed by atoms with van der Waals surface area (Å²) in [6.07, 6.45) is 0.600. The van der Waals surface area contributed by atoms with E-state index in [-0.39, 0.29) is 4.83 Å². The number of carbonyl (C=O) groups excluding carboxylic acids is 1. The first kappa shape index (κ1) is 13.9. The zero-order chi connectivity index (χ0) is 11.4. The Balaban J connectivity index is 4.31. The second-order valence-corrected chi connectivity index (χ2v) is 9.82. The van der Waals surface area contributed by atoms with Crippen LogP contribution in [0.25, 0.3) is 0 Å². The molecule has 0 fully saturated rings. The molecule has 0 saturated heterocycles. The van der Waals surface area contributed by atoms with Crippen molar-refractivity contribution < 1.29 is 14.0 Å². The Bertz CT molecular complexity index is 211. The van der Waals surface area contributed by atoms with Gasteiger partial charge in [0.1, 0.15) is 0 Å². The minimum absolute atomic E-state index is 0.0295. The van der Waals surface area contributed by atoms with Crippen LogP contribution in [-0.4, -0.2) is 25.4 Å². The number of rotatable bonds is 5. The lowest BCUT2D eigenvalue weighted by atomic mass is 10.5. The van der Waals surface area contributed by atoms with E-state index in [1.807, 2.05) is 26.6 Å². The maximum Gasteiger partial charge on any atom is 0.332 e. The monoisotopic (exact) mass is 280 g/mol. The second-order valence-electron chi connectivity index (χ2n) is 3.92. The number of hydrogen-bond donors (Lipinski definition) is 0. The maximum atomic E-state index is 11.0. The molecule has 14 heavy (non-hydrogen) atoms. The average molecular weight is 281 g/mol. The van der Waals surface area contributed by atoms with Crippen LogP contribution in [0.3, 0.4) is 0 Å². The van der Waals surface area contributed by atoms with Crippen molar-refractivity contribution >= 4 is 30.2 Å². The van der Waals surface area contributed by atoms with Gasteiger partial charge in [-0.1, -0.05) is 22.5 Å². The molecule has 0 radical (unpaired) electrons. The van der Waals surface area contributed by atoms with Crippen LogP contribution in [0, 0.1) is 0 Å². The van der Waals surface area contributed by atoms with Gasteiger partial charge in [-0.2, -0.15) is 0 Å². The standard InChI is InChI=1S/C9H17BrO3Si/c1-6-8(11)12-9(7(2)10)13-14(3,4)5/h6-7,9H,1H2,2-5H3. The molecule has 0 bridgehead atoms. The first-order valence-corrected chi connectivity index (χ1v) is 8.73. The van der Waals surface area contributed by atoms with Gasteiger partial charge < -0.3 is 9.16 Å². The molecule has 0 spiro atoms. The minimum Gasteiger partial charge on any atom is -0.432 e. The molecule has 5 heteroatoms. The third kappa shape index (κ3) is 6.34. The van der Waals surface area contributed by atoms with Gasteiger partial charge in [0.2, 0.25) is 6.29 Å². The summed E-state index contributed by atoms with van der Waals surface area (Å²) in [7, 11) is -1.70. The number of ether oxygens (including phenoxy) is 1. The van der Waals surface area contributed by atoms with Crippen LogP contribution in [0.5, 0.6) is 0 Å². The largest absolute Gasteiger partial charge is 0.432 e. The summed E-state index contributed by atoms with van der Waals surface area (Å²) < 4.78 is 10.7. The van der Waals surface area contributed by atoms with Crippen molar-refractivity contribution in [1.82, 2.24) is 0 Å². The normalized spacial score (nSPS) is 15.8. The third-order valence-corrected chi connectivity index (χ3v) is 2.61. The molecule has 0 aliphatic carbocycles. The van der Waals surface area contributed by atoms with E-state index in [2.05, 4.69) is 22.5 Å². The lowest BCUT2D eigenvalue weighted by Crippen LogP contribution is -2.38. The summed E-state index contributed by atoms with van der Waals surface area (Å²) >= 11 is 3.34. The van der Waals surface area contributed by atoms with Gasteiger partial charge >= 0.3 is 5.97 Å². The fourth-order valence-corrected chi connectivity index (χ4v) is 2.09. The molecule has 0 rings (SSSR count). The predicted octanol–water partition coefficient (Wildman–Crippen LogP) is 2.68. The molecule has 0 aromatic rings. The Morgan fingerprint density at radius 3 is 2.29 bits per heavy atom. The van der Waals surface area contributed by atoms with Crippen LogP contribution in [-0.2, 0) is 14.0 Å². The van der Waals surface area contributed by atoms with Crippen molar-refractivity contribution in [2.24, 2.45) is 0 Å². The van der Waals surface area contributed by atoms with Gasteiger partial charge in [0.05, 0.1) is 4.83 Å². The van der Waals surface area contributed by atoms with Crippen LogP contribution >= 0.6 is 15.9 Å². The minimum atomic E-state index is -1.70. The molecule has 82 valence electrons. The molecular weight excluding hydrogens is 264 g/mol. The van der Waals surface area contributed by atoms with Crippen LogP contribution in [0.2, 0.25) is 19.6 Å². The summed E-state index contributed by atoms with van der Waals surface area (Å²) in [5.41, 5.74) is 0. The Labute approximate surface area is 94.7 Å². The van der Waals surface area contributed by atoms with Crippen LogP contribution in [0.4, 0.5) is 0 Å². The lowest BCUT2D eigenvalue weighted by Gasteiger charge is -2.27. The molecule has 0 N–H and O–H groups in total. The molecule has 2 atom stereocenters. The van der Waals surface area contributed by atoms with E-state index in [0.717, 1.165) is 6.08 Å². The summed E-state index contributed by atoms with van der Waals surface area (Å²) in [6, 6.07) is 0. The van der Waals surface area contributed by atoms with Crippen LogP contribution < -0.4 is 0 Å². The number of esters is 1. The number of alkyl halides is 1. The first-order valence-electron chi connectivity index (χ1n) is 4.41. The summed E-state index contributed by atoms with van der Waals surface area (Å²) in [5.74, 6) is -0.459. The highest BCUT2D eigenvalue weighted by Gasteiger charge is 2.26. The summed E-state index contributed by atoms with van der Waals surface area (Å²) in [4.78, 5) is 11.0. The van der Waals surface area contributed by atoms with Crippen LogP contribution in [0.15, 0.2) is 12.7 Å². The smallest absolute Gasteiger partial charge is 0.332 e. The number of carbonyl (C=O) groups is 1. The van der Waals surface area contributed by atoms with E-state index in [1.54, 1.807) is 0 Å². The molecule has 0 aromatic carbocycles. The van der Waals surface area contributed by atoms with Gasteiger partial charge in [-0.3, -0.25) is 0 Å². The van der Waals surface area contributed by atoms with Crippen molar-refractivity contribution in [2.45, 2.75) is 37.7 Å².